The zero-order valence-corrected chi connectivity index (χ0v) is 12.5. The van der Waals surface area contributed by atoms with Crippen LogP contribution in [0.2, 0.25) is 0 Å². The van der Waals surface area contributed by atoms with Crippen LogP contribution in [0.4, 0.5) is 0 Å². The summed E-state index contributed by atoms with van der Waals surface area (Å²) in [6, 6.07) is 14.1. The number of benzene rings is 2. The van der Waals surface area contributed by atoms with Crippen LogP contribution in [-0.4, -0.2) is 5.91 Å². The van der Waals surface area contributed by atoms with Gasteiger partial charge in [0.15, 0.2) is 0 Å². The Kier molecular flexibility index (Phi) is 4.23. The van der Waals surface area contributed by atoms with Crippen LogP contribution in [-0.2, 0) is 0 Å². The predicted molar refractivity (Wildman–Crippen MR) is 83.0 cm³/mol. The van der Waals surface area contributed by atoms with E-state index in [4.69, 9.17) is 0 Å². The van der Waals surface area contributed by atoms with Gasteiger partial charge in [-0.2, -0.15) is 0 Å². The van der Waals surface area contributed by atoms with Gasteiger partial charge in [-0.1, -0.05) is 47.5 Å². The van der Waals surface area contributed by atoms with Crippen LogP contribution in [0, 0.1) is 20.8 Å². The molecule has 104 valence electrons. The first-order chi connectivity index (χ1) is 9.47. The van der Waals surface area contributed by atoms with Crippen LogP contribution in [0.1, 0.15) is 45.6 Å². The summed E-state index contributed by atoms with van der Waals surface area (Å²) in [5.74, 6) is -0.0180. The first-order valence-corrected chi connectivity index (χ1v) is 6.92. The Morgan fingerprint density at radius 3 is 2.15 bits per heavy atom. The summed E-state index contributed by atoms with van der Waals surface area (Å²) in [6.07, 6.45) is 0. The smallest absolute Gasteiger partial charge is 0.252 e. The first-order valence-electron chi connectivity index (χ1n) is 6.92. The fourth-order valence-corrected chi connectivity index (χ4v) is 2.28. The molecule has 0 aliphatic rings. The number of carbonyl (C=O) groups is 1. The molecule has 2 rings (SSSR count). The molecule has 0 saturated heterocycles. The van der Waals surface area contributed by atoms with Crippen LogP contribution in [0.25, 0.3) is 0 Å². The standard InChI is InChI=1S/C18H21NO/c1-12-5-8-16(9-6-12)15(4)19-18(20)17-10-7-13(2)11-14(17)3/h5-11,15H,1-4H3,(H,19,20). The van der Waals surface area contributed by atoms with E-state index in [9.17, 15) is 4.79 Å². The monoisotopic (exact) mass is 267 g/mol. The van der Waals surface area contributed by atoms with Gasteiger partial charge >= 0.3 is 0 Å². The van der Waals surface area contributed by atoms with Crippen molar-refractivity contribution in [2.45, 2.75) is 33.7 Å². The third-order valence-corrected chi connectivity index (χ3v) is 3.55. The summed E-state index contributed by atoms with van der Waals surface area (Å²) in [5, 5.41) is 3.05. The minimum absolute atomic E-state index is 0.00352. The molecule has 1 N–H and O–H groups in total. The first kappa shape index (κ1) is 14.3. The van der Waals surface area contributed by atoms with Gasteiger partial charge in [0.25, 0.3) is 5.91 Å². The van der Waals surface area contributed by atoms with E-state index in [-0.39, 0.29) is 11.9 Å². The van der Waals surface area contributed by atoms with E-state index in [0.29, 0.717) is 0 Å². The molecule has 1 unspecified atom stereocenters. The van der Waals surface area contributed by atoms with Crippen molar-refractivity contribution >= 4 is 5.91 Å². The third-order valence-electron chi connectivity index (χ3n) is 3.55. The van der Waals surface area contributed by atoms with Crippen molar-refractivity contribution in [3.8, 4) is 0 Å². The van der Waals surface area contributed by atoms with Gasteiger partial charge < -0.3 is 5.32 Å². The highest BCUT2D eigenvalue weighted by Crippen LogP contribution is 2.16. The lowest BCUT2D eigenvalue weighted by molar-refractivity contribution is 0.0939. The Labute approximate surface area is 120 Å². The van der Waals surface area contributed by atoms with Crippen LogP contribution < -0.4 is 5.32 Å². The quantitative estimate of drug-likeness (QED) is 0.891. The normalized spacial score (nSPS) is 12.0. The van der Waals surface area contributed by atoms with Crippen LogP contribution in [0.3, 0.4) is 0 Å². The molecule has 2 aromatic rings. The summed E-state index contributed by atoms with van der Waals surface area (Å²) in [4.78, 5) is 12.3. The average molecular weight is 267 g/mol. The van der Waals surface area contributed by atoms with E-state index >= 15 is 0 Å². The number of rotatable bonds is 3. The maximum absolute atomic E-state index is 12.3. The zero-order chi connectivity index (χ0) is 14.7. The zero-order valence-electron chi connectivity index (χ0n) is 12.5. The largest absolute Gasteiger partial charge is 0.346 e. The molecule has 0 bridgehead atoms. The van der Waals surface area contributed by atoms with E-state index in [1.54, 1.807) is 0 Å². The topological polar surface area (TPSA) is 29.1 Å². The number of aryl methyl sites for hydroxylation is 3. The molecule has 2 nitrogen and oxygen atoms in total. The second-order valence-corrected chi connectivity index (χ2v) is 5.42. The maximum Gasteiger partial charge on any atom is 0.252 e. The Morgan fingerprint density at radius 2 is 1.55 bits per heavy atom. The van der Waals surface area contributed by atoms with Crippen molar-refractivity contribution in [2.24, 2.45) is 0 Å². The molecule has 20 heavy (non-hydrogen) atoms. The summed E-state index contributed by atoms with van der Waals surface area (Å²) in [6.45, 7) is 8.07. The summed E-state index contributed by atoms with van der Waals surface area (Å²) in [7, 11) is 0. The third kappa shape index (κ3) is 3.27. The van der Waals surface area contributed by atoms with Crippen molar-refractivity contribution < 1.29 is 4.79 Å². The van der Waals surface area contributed by atoms with E-state index in [1.165, 1.54) is 11.1 Å². The summed E-state index contributed by atoms with van der Waals surface area (Å²) >= 11 is 0. The number of carbonyl (C=O) groups excluding carboxylic acids is 1. The van der Waals surface area contributed by atoms with E-state index < -0.39 is 0 Å². The van der Waals surface area contributed by atoms with Crippen molar-refractivity contribution in [1.29, 1.82) is 0 Å². The van der Waals surface area contributed by atoms with E-state index in [2.05, 4.69) is 36.5 Å². The molecular formula is C18H21NO. The van der Waals surface area contributed by atoms with Crippen molar-refractivity contribution in [3.05, 3.63) is 70.3 Å². The predicted octanol–water partition coefficient (Wildman–Crippen LogP) is 4.10. The Hall–Kier alpha value is -2.09. The van der Waals surface area contributed by atoms with Gasteiger partial charge in [-0.3, -0.25) is 4.79 Å². The molecule has 0 aromatic heterocycles. The van der Waals surface area contributed by atoms with Crippen molar-refractivity contribution in [2.75, 3.05) is 0 Å². The van der Waals surface area contributed by atoms with Gasteiger partial charge in [0.1, 0.15) is 0 Å². The molecule has 0 aliphatic heterocycles. The molecule has 0 heterocycles. The second-order valence-electron chi connectivity index (χ2n) is 5.42. The van der Waals surface area contributed by atoms with Gasteiger partial charge in [-0.15, -0.1) is 0 Å². The highest BCUT2D eigenvalue weighted by Gasteiger charge is 2.13. The summed E-state index contributed by atoms with van der Waals surface area (Å²) < 4.78 is 0. The fraction of sp³-hybridized carbons (Fsp3) is 0.278. The Bertz CT molecular complexity index is 614. The van der Waals surface area contributed by atoms with E-state index in [0.717, 1.165) is 16.7 Å². The molecule has 2 heteroatoms. The molecule has 0 saturated carbocycles. The lowest BCUT2D eigenvalue weighted by Gasteiger charge is -2.16. The van der Waals surface area contributed by atoms with Crippen molar-refractivity contribution in [3.63, 3.8) is 0 Å². The van der Waals surface area contributed by atoms with Crippen LogP contribution in [0.5, 0.6) is 0 Å². The Morgan fingerprint density at radius 1 is 0.950 bits per heavy atom. The number of hydrogen-bond donors (Lipinski definition) is 1. The average Bonchev–Trinajstić information content (AvgIpc) is 2.39. The van der Waals surface area contributed by atoms with Gasteiger partial charge in [0.2, 0.25) is 0 Å². The highest BCUT2D eigenvalue weighted by molar-refractivity contribution is 5.95. The molecule has 2 aromatic carbocycles. The molecule has 0 aliphatic carbocycles. The summed E-state index contributed by atoms with van der Waals surface area (Å²) in [5.41, 5.74) is 5.27. The maximum atomic E-state index is 12.3. The number of nitrogens with one attached hydrogen (secondary N) is 1. The molecular weight excluding hydrogens is 246 g/mol. The minimum Gasteiger partial charge on any atom is -0.346 e. The fourth-order valence-electron chi connectivity index (χ4n) is 2.28. The number of amides is 1. The van der Waals surface area contributed by atoms with Crippen molar-refractivity contribution in [1.82, 2.24) is 5.32 Å². The lowest BCUT2D eigenvalue weighted by atomic mass is 10.0. The van der Waals surface area contributed by atoms with Gasteiger partial charge in [-0.05, 0) is 44.9 Å². The minimum atomic E-state index is -0.0180. The SMILES string of the molecule is Cc1ccc(C(C)NC(=O)c2ccc(C)cc2C)cc1. The second kappa shape index (κ2) is 5.91. The van der Waals surface area contributed by atoms with Crippen LogP contribution in [0.15, 0.2) is 42.5 Å². The molecule has 0 fully saturated rings. The van der Waals surface area contributed by atoms with E-state index in [1.807, 2.05) is 39.0 Å². The highest BCUT2D eigenvalue weighted by atomic mass is 16.1. The van der Waals surface area contributed by atoms with Gasteiger partial charge in [-0.25, -0.2) is 0 Å². The van der Waals surface area contributed by atoms with Gasteiger partial charge in [0, 0.05) is 5.56 Å². The molecule has 1 atom stereocenters. The number of hydrogen-bond acceptors (Lipinski definition) is 1. The molecule has 0 spiro atoms. The molecule has 0 radical (unpaired) electrons. The lowest BCUT2D eigenvalue weighted by Crippen LogP contribution is -2.27. The Balaban J connectivity index is 2.13. The van der Waals surface area contributed by atoms with Gasteiger partial charge in [0.05, 0.1) is 6.04 Å². The van der Waals surface area contributed by atoms with Crippen LogP contribution >= 0.6 is 0 Å². The molecule has 1 amide bonds.